The molecule has 0 fully saturated rings. The van der Waals surface area contributed by atoms with Crippen molar-refractivity contribution in [3.63, 3.8) is 0 Å². The van der Waals surface area contributed by atoms with E-state index in [-0.39, 0.29) is 0 Å². The minimum atomic E-state index is 0.555. The molecule has 3 heteroatoms. The predicted molar refractivity (Wildman–Crippen MR) is 53.4 cm³/mol. The number of benzene rings is 1. The quantitative estimate of drug-likeness (QED) is 0.674. The summed E-state index contributed by atoms with van der Waals surface area (Å²) in [4.78, 5) is 0. The van der Waals surface area contributed by atoms with Crippen LogP contribution >= 0.6 is 15.9 Å². The number of fused-ring (bicyclic) bond motifs is 1. The van der Waals surface area contributed by atoms with E-state index < -0.39 is 0 Å². The van der Waals surface area contributed by atoms with E-state index in [0.717, 1.165) is 21.0 Å². The molecule has 0 atom stereocenters. The van der Waals surface area contributed by atoms with E-state index in [1.807, 2.05) is 18.2 Å². The SMILES string of the molecule is [B]Cc1cc(Br)c2occc2c1. The molecule has 0 N–H and O–H groups in total. The van der Waals surface area contributed by atoms with E-state index >= 15 is 0 Å². The van der Waals surface area contributed by atoms with Gasteiger partial charge in [-0.2, -0.15) is 0 Å². The van der Waals surface area contributed by atoms with E-state index in [9.17, 15) is 0 Å². The van der Waals surface area contributed by atoms with Crippen molar-refractivity contribution in [2.24, 2.45) is 0 Å². The third kappa shape index (κ3) is 1.18. The monoisotopic (exact) mass is 220 g/mol. The lowest BCUT2D eigenvalue weighted by Gasteiger charge is -1.98. The van der Waals surface area contributed by atoms with Crippen LogP contribution in [0, 0.1) is 0 Å². The van der Waals surface area contributed by atoms with Gasteiger partial charge in [0.25, 0.3) is 0 Å². The zero-order chi connectivity index (χ0) is 8.55. The topological polar surface area (TPSA) is 13.1 Å². The van der Waals surface area contributed by atoms with Gasteiger partial charge in [0.15, 0.2) is 0 Å². The fourth-order valence-corrected chi connectivity index (χ4v) is 1.83. The van der Waals surface area contributed by atoms with Gasteiger partial charge in [-0.05, 0) is 34.1 Å². The first-order valence-corrected chi connectivity index (χ1v) is 4.46. The molecule has 0 amide bonds. The summed E-state index contributed by atoms with van der Waals surface area (Å²) in [6.07, 6.45) is 2.23. The second-order valence-corrected chi connectivity index (χ2v) is 3.48. The Hall–Kier alpha value is -0.695. The zero-order valence-electron chi connectivity index (χ0n) is 6.38. The fraction of sp³-hybridized carbons (Fsp3) is 0.111. The molecule has 0 saturated heterocycles. The van der Waals surface area contributed by atoms with Gasteiger partial charge < -0.3 is 4.42 Å². The number of halogens is 1. The van der Waals surface area contributed by atoms with Crippen LogP contribution in [-0.2, 0) is 6.32 Å². The van der Waals surface area contributed by atoms with Crippen molar-refractivity contribution in [3.8, 4) is 0 Å². The maximum absolute atomic E-state index is 5.53. The van der Waals surface area contributed by atoms with Crippen LogP contribution in [0.25, 0.3) is 11.0 Å². The molecule has 1 heterocycles. The van der Waals surface area contributed by atoms with Gasteiger partial charge in [0.2, 0.25) is 0 Å². The second kappa shape index (κ2) is 2.98. The van der Waals surface area contributed by atoms with Gasteiger partial charge in [-0.15, -0.1) is 0 Å². The van der Waals surface area contributed by atoms with E-state index in [2.05, 4.69) is 15.9 Å². The molecule has 2 rings (SSSR count). The Morgan fingerprint density at radius 1 is 1.42 bits per heavy atom. The highest BCUT2D eigenvalue weighted by Gasteiger charge is 2.02. The van der Waals surface area contributed by atoms with E-state index in [4.69, 9.17) is 12.3 Å². The summed E-state index contributed by atoms with van der Waals surface area (Å²) in [6, 6.07) is 5.94. The van der Waals surface area contributed by atoms with Crippen molar-refractivity contribution >= 4 is 34.7 Å². The Balaban J connectivity index is 2.75. The lowest BCUT2D eigenvalue weighted by Crippen LogP contribution is -1.82. The summed E-state index contributed by atoms with van der Waals surface area (Å²) in [5, 5.41) is 1.09. The van der Waals surface area contributed by atoms with Crippen LogP contribution in [0.5, 0.6) is 0 Å². The van der Waals surface area contributed by atoms with Crippen molar-refractivity contribution in [2.45, 2.75) is 6.32 Å². The Morgan fingerprint density at radius 3 is 3.00 bits per heavy atom. The molecule has 2 radical (unpaired) electrons. The van der Waals surface area contributed by atoms with Gasteiger partial charge in [0, 0.05) is 5.39 Å². The molecular weight excluding hydrogens is 215 g/mol. The first-order chi connectivity index (χ1) is 5.81. The van der Waals surface area contributed by atoms with Gasteiger partial charge in [-0.25, -0.2) is 0 Å². The van der Waals surface area contributed by atoms with Gasteiger partial charge in [-0.1, -0.05) is 11.9 Å². The van der Waals surface area contributed by atoms with Gasteiger partial charge in [-0.3, -0.25) is 0 Å². The summed E-state index contributed by atoms with van der Waals surface area (Å²) in [5.41, 5.74) is 1.99. The highest BCUT2D eigenvalue weighted by atomic mass is 79.9. The van der Waals surface area contributed by atoms with Gasteiger partial charge in [0.05, 0.1) is 18.6 Å². The molecule has 0 aliphatic carbocycles. The standard InChI is InChI=1S/C9H6BBrO/c10-5-6-3-7-1-2-12-9(7)8(11)4-6/h1-4H,5H2. The van der Waals surface area contributed by atoms with Crippen molar-refractivity contribution < 1.29 is 4.42 Å². The maximum atomic E-state index is 5.53. The molecule has 2 aromatic rings. The molecule has 1 aromatic carbocycles. The fourth-order valence-electron chi connectivity index (χ4n) is 1.21. The molecule has 58 valence electrons. The van der Waals surface area contributed by atoms with Crippen LogP contribution in [0.15, 0.2) is 33.4 Å². The lowest BCUT2D eigenvalue weighted by atomic mass is 9.96. The average molecular weight is 221 g/mol. The van der Waals surface area contributed by atoms with Gasteiger partial charge in [0.1, 0.15) is 5.58 Å². The Morgan fingerprint density at radius 2 is 2.25 bits per heavy atom. The molecule has 0 saturated carbocycles. The summed E-state index contributed by atoms with van der Waals surface area (Å²) in [5.74, 6) is 0. The Bertz CT molecular complexity index is 408. The zero-order valence-corrected chi connectivity index (χ0v) is 7.97. The first-order valence-electron chi connectivity index (χ1n) is 3.67. The van der Waals surface area contributed by atoms with Crippen LogP contribution < -0.4 is 0 Å². The van der Waals surface area contributed by atoms with E-state index in [1.54, 1.807) is 6.26 Å². The minimum Gasteiger partial charge on any atom is -0.463 e. The smallest absolute Gasteiger partial charge is 0.148 e. The molecule has 1 nitrogen and oxygen atoms in total. The number of rotatable bonds is 1. The summed E-state index contributed by atoms with van der Waals surface area (Å²) < 4.78 is 6.22. The van der Waals surface area contributed by atoms with Crippen LogP contribution in [0.1, 0.15) is 5.56 Å². The van der Waals surface area contributed by atoms with Crippen LogP contribution in [0.3, 0.4) is 0 Å². The molecule has 0 bridgehead atoms. The van der Waals surface area contributed by atoms with Crippen LogP contribution in [0.4, 0.5) is 0 Å². The van der Waals surface area contributed by atoms with Crippen molar-refractivity contribution in [3.05, 3.63) is 34.5 Å². The molecular formula is C9H6BBrO. The molecule has 0 aliphatic rings. The lowest BCUT2D eigenvalue weighted by molar-refractivity contribution is 0.614. The van der Waals surface area contributed by atoms with Crippen molar-refractivity contribution in [1.82, 2.24) is 0 Å². The third-order valence-corrected chi connectivity index (χ3v) is 2.39. The molecule has 1 aromatic heterocycles. The van der Waals surface area contributed by atoms with E-state index in [0.29, 0.717) is 6.32 Å². The molecule has 0 spiro atoms. The Labute approximate surface area is 80.3 Å². The highest BCUT2D eigenvalue weighted by Crippen LogP contribution is 2.26. The number of hydrogen-bond donors (Lipinski definition) is 0. The average Bonchev–Trinajstić information content (AvgIpc) is 2.52. The van der Waals surface area contributed by atoms with Crippen LogP contribution in [-0.4, -0.2) is 7.85 Å². The number of hydrogen-bond acceptors (Lipinski definition) is 1. The largest absolute Gasteiger partial charge is 0.463 e. The van der Waals surface area contributed by atoms with Crippen LogP contribution in [0.2, 0.25) is 0 Å². The Kier molecular flexibility index (Phi) is 1.97. The highest BCUT2D eigenvalue weighted by molar-refractivity contribution is 9.10. The minimum absolute atomic E-state index is 0.555. The summed E-state index contributed by atoms with van der Waals surface area (Å²) in [7, 11) is 5.53. The molecule has 0 unspecified atom stereocenters. The predicted octanol–water partition coefficient (Wildman–Crippen LogP) is 2.86. The van der Waals surface area contributed by atoms with E-state index in [1.165, 1.54) is 0 Å². The molecule has 12 heavy (non-hydrogen) atoms. The maximum Gasteiger partial charge on any atom is 0.148 e. The van der Waals surface area contributed by atoms with Crippen molar-refractivity contribution in [2.75, 3.05) is 0 Å². The normalized spacial score (nSPS) is 10.8. The molecule has 0 aliphatic heterocycles. The third-order valence-electron chi connectivity index (χ3n) is 1.80. The first kappa shape index (κ1) is 7.93. The second-order valence-electron chi connectivity index (χ2n) is 2.62. The summed E-state index contributed by atoms with van der Waals surface area (Å²) >= 11 is 3.42. The summed E-state index contributed by atoms with van der Waals surface area (Å²) in [6.45, 7) is 0. The number of furan rings is 1. The van der Waals surface area contributed by atoms with Crippen molar-refractivity contribution in [1.29, 1.82) is 0 Å². The van der Waals surface area contributed by atoms with Gasteiger partial charge >= 0.3 is 0 Å².